The number of rotatable bonds is 2. The number of hydrogen-bond acceptors (Lipinski definition) is 3. The van der Waals surface area contributed by atoms with Crippen molar-refractivity contribution < 1.29 is 18.9 Å². The number of aromatic nitrogens is 1. The molecule has 22 heavy (non-hydrogen) atoms. The van der Waals surface area contributed by atoms with Gasteiger partial charge in [-0.05, 0) is 36.8 Å². The van der Waals surface area contributed by atoms with Crippen LogP contribution >= 0.6 is 0 Å². The average Bonchev–Trinajstić information content (AvgIpc) is 2.51. The molecule has 0 saturated heterocycles. The highest BCUT2D eigenvalue weighted by molar-refractivity contribution is 6.22. The lowest BCUT2D eigenvalue weighted by Gasteiger charge is -2.13. The number of aryl methyl sites for hydroxylation is 2. The second-order valence-corrected chi connectivity index (χ2v) is 5.34. The first-order valence-electron chi connectivity index (χ1n) is 6.96. The van der Waals surface area contributed by atoms with E-state index in [0.29, 0.717) is 11.1 Å². The molecule has 1 aliphatic carbocycles. The molecule has 0 N–H and O–H groups in total. The highest BCUT2D eigenvalue weighted by Gasteiger charge is 2.23. The molecule has 1 aromatic carbocycles. The SMILES string of the molecule is COc1cc[n+](C)c(-c2cc3c(cc2C)C(=O)C=CC3=O)c1. The molecular formula is C18H16NO3+. The average molecular weight is 294 g/mol. The zero-order valence-corrected chi connectivity index (χ0v) is 12.7. The molecule has 4 nitrogen and oxygen atoms in total. The second-order valence-electron chi connectivity index (χ2n) is 5.34. The van der Waals surface area contributed by atoms with Crippen molar-refractivity contribution in [3.05, 3.63) is 59.3 Å². The Morgan fingerprint density at radius 1 is 0.955 bits per heavy atom. The lowest BCUT2D eigenvalue weighted by Crippen LogP contribution is -2.30. The van der Waals surface area contributed by atoms with Gasteiger partial charge in [0, 0.05) is 22.8 Å². The van der Waals surface area contributed by atoms with E-state index >= 15 is 0 Å². The van der Waals surface area contributed by atoms with Crippen LogP contribution < -0.4 is 9.30 Å². The first-order valence-corrected chi connectivity index (χ1v) is 6.96. The van der Waals surface area contributed by atoms with Crippen molar-refractivity contribution in [1.82, 2.24) is 0 Å². The number of nitrogens with zero attached hydrogens (tertiary/aromatic N) is 1. The van der Waals surface area contributed by atoms with Gasteiger partial charge in [0.2, 0.25) is 5.69 Å². The van der Waals surface area contributed by atoms with Gasteiger partial charge in [-0.1, -0.05) is 0 Å². The van der Waals surface area contributed by atoms with Crippen LogP contribution in [0.4, 0.5) is 0 Å². The van der Waals surface area contributed by atoms with Crippen LogP contribution in [0.5, 0.6) is 5.75 Å². The third kappa shape index (κ3) is 2.22. The molecule has 4 heteroatoms. The molecule has 0 bridgehead atoms. The van der Waals surface area contributed by atoms with Crippen LogP contribution in [0.2, 0.25) is 0 Å². The summed E-state index contributed by atoms with van der Waals surface area (Å²) in [5.74, 6) is 0.480. The van der Waals surface area contributed by atoms with Crippen LogP contribution in [-0.4, -0.2) is 18.7 Å². The molecule has 0 radical (unpaired) electrons. The number of benzene rings is 1. The summed E-state index contributed by atoms with van der Waals surface area (Å²) in [6, 6.07) is 7.37. The Balaban J connectivity index is 2.24. The van der Waals surface area contributed by atoms with E-state index in [-0.39, 0.29) is 11.6 Å². The highest BCUT2D eigenvalue weighted by Crippen LogP contribution is 2.28. The highest BCUT2D eigenvalue weighted by atomic mass is 16.5. The fourth-order valence-corrected chi connectivity index (χ4v) is 2.67. The summed E-state index contributed by atoms with van der Waals surface area (Å²) in [4.78, 5) is 24.0. The van der Waals surface area contributed by atoms with Crippen molar-refractivity contribution in [2.75, 3.05) is 7.11 Å². The normalized spacial score (nSPS) is 13.2. The van der Waals surface area contributed by atoms with Gasteiger partial charge in [0.25, 0.3) is 0 Å². The summed E-state index contributed by atoms with van der Waals surface area (Å²) in [7, 11) is 3.55. The summed E-state index contributed by atoms with van der Waals surface area (Å²) >= 11 is 0. The van der Waals surface area contributed by atoms with Crippen LogP contribution in [0, 0.1) is 6.92 Å². The molecule has 0 spiro atoms. The third-order valence-corrected chi connectivity index (χ3v) is 3.91. The van der Waals surface area contributed by atoms with Crippen molar-refractivity contribution in [3.8, 4) is 17.0 Å². The Hall–Kier alpha value is -2.75. The summed E-state index contributed by atoms with van der Waals surface area (Å²) in [5.41, 5.74) is 3.71. The minimum Gasteiger partial charge on any atom is -0.496 e. The summed E-state index contributed by atoms with van der Waals surface area (Å²) in [6.45, 7) is 1.94. The van der Waals surface area contributed by atoms with E-state index in [0.717, 1.165) is 22.6 Å². The number of carbonyl (C=O) groups excluding carboxylic acids is 2. The molecule has 1 heterocycles. The van der Waals surface area contributed by atoms with Crippen molar-refractivity contribution in [3.63, 3.8) is 0 Å². The van der Waals surface area contributed by atoms with Crippen LogP contribution in [-0.2, 0) is 7.05 Å². The largest absolute Gasteiger partial charge is 0.496 e. The van der Waals surface area contributed by atoms with Gasteiger partial charge in [0.1, 0.15) is 12.8 Å². The third-order valence-electron chi connectivity index (χ3n) is 3.91. The van der Waals surface area contributed by atoms with Gasteiger partial charge in [-0.15, -0.1) is 0 Å². The number of allylic oxidation sites excluding steroid dienone is 2. The van der Waals surface area contributed by atoms with E-state index in [9.17, 15) is 9.59 Å². The number of hydrogen-bond donors (Lipinski definition) is 0. The summed E-state index contributed by atoms with van der Waals surface area (Å²) in [6.07, 6.45) is 4.56. The summed E-state index contributed by atoms with van der Waals surface area (Å²) in [5, 5.41) is 0. The van der Waals surface area contributed by atoms with Gasteiger partial charge < -0.3 is 4.74 Å². The predicted molar refractivity (Wildman–Crippen MR) is 82.1 cm³/mol. The van der Waals surface area contributed by atoms with Gasteiger partial charge in [0.05, 0.1) is 13.2 Å². The minimum absolute atomic E-state index is 0.126. The molecule has 0 atom stereocenters. The molecule has 0 saturated carbocycles. The molecule has 0 aliphatic heterocycles. The van der Waals surface area contributed by atoms with E-state index < -0.39 is 0 Å². The van der Waals surface area contributed by atoms with Gasteiger partial charge in [0.15, 0.2) is 17.8 Å². The van der Waals surface area contributed by atoms with Crippen molar-refractivity contribution >= 4 is 11.6 Å². The second kappa shape index (κ2) is 5.22. The van der Waals surface area contributed by atoms with Crippen LogP contribution in [0.25, 0.3) is 11.3 Å². The Kier molecular flexibility index (Phi) is 3.37. The van der Waals surface area contributed by atoms with Gasteiger partial charge in [-0.3, -0.25) is 9.59 Å². The smallest absolute Gasteiger partial charge is 0.216 e. The van der Waals surface area contributed by atoms with E-state index in [1.807, 2.05) is 36.9 Å². The number of methoxy groups -OCH3 is 1. The fourth-order valence-electron chi connectivity index (χ4n) is 2.67. The minimum atomic E-state index is -0.138. The topological polar surface area (TPSA) is 47.2 Å². The molecule has 1 aliphatic rings. The molecule has 3 rings (SSSR count). The molecule has 2 aromatic rings. The summed E-state index contributed by atoms with van der Waals surface area (Å²) < 4.78 is 7.24. The Bertz CT molecular complexity index is 834. The molecule has 0 amide bonds. The molecule has 0 unspecified atom stereocenters. The quantitative estimate of drug-likeness (QED) is 0.799. The number of ether oxygens (including phenoxy) is 1. The monoisotopic (exact) mass is 294 g/mol. The van der Waals surface area contributed by atoms with Crippen LogP contribution in [0.3, 0.4) is 0 Å². The fraction of sp³-hybridized carbons (Fsp3) is 0.167. The zero-order chi connectivity index (χ0) is 15.9. The van der Waals surface area contributed by atoms with Crippen LogP contribution in [0.15, 0.2) is 42.6 Å². The number of carbonyl (C=O) groups is 2. The standard InChI is InChI=1S/C18H16NO3/c1-11-8-14-15(18(21)5-4-17(14)20)10-13(11)16-9-12(22-3)6-7-19(16)2/h4-10H,1-3H3/q+1. The van der Waals surface area contributed by atoms with Crippen LogP contribution in [0.1, 0.15) is 26.3 Å². The number of ketones is 2. The molecule has 1 aromatic heterocycles. The van der Waals surface area contributed by atoms with Gasteiger partial charge >= 0.3 is 0 Å². The lowest BCUT2D eigenvalue weighted by atomic mass is 9.89. The van der Waals surface area contributed by atoms with Crippen molar-refractivity contribution in [2.24, 2.45) is 7.05 Å². The lowest BCUT2D eigenvalue weighted by molar-refractivity contribution is -0.660. The Morgan fingerprint density at radius 2 is 1.59 bits per heavy atom. The van der Waals surface area contributed by atoms with E-state index in [4.69, 9.17) is 4.74 Å². The van der Waals surface area contributed by atoms with Crippen molar-refractivity contribution in [2.45, 2.75) is 6.92 Å². The number of fused-ring (bicyclic) bond motifs is 1. The van der Waals surface area contributed by atoms with E-state index in [2.05, 4.69) is 0 Å². The maximum atomic E-state index is 12.1. The predicted octanol–water partition coefficient (Wildman–Crippen LogP) is 2.43. The molecule has 110 valence electrons. The Morgan fingerprint density at radius 3 is 2.23 bits per heavy atom. The van der Waals surface area contributed by atoms with E-state index in [1.165, 1.54) is 12.2 Å². The molecule has 0 fully saturated rings. The number of pyridine rings is 1. The maximum Gasteiger partial charge on any atom is 0.216 e. The molecular weight excluding hydrogens is 278 g/mol. The van der Waals surface area contributed by atoms with Gasteiger partial charge in [-0.2, -0.15) is 0 Å². The van der Waals surface area contributed by atoms with Gasteiger partial charge in [-0.25, -0.2) is 4.57 Å². The first kappa shape index (κ1) is 14.2. The first-order chi connectivity index (χ1) is 10.5. The van der Waals surface area contributed by atoms with E-state index in [1.54, 1.807) is 19.2 Å². The zero-order valence-electron chi connectivity index (χ0n) is 12.7. The van der Waals surface area contributed by atoms with Crippen molar-refractivity contribution in [1.29, 1.82) is 0 Å². The maximum absolute atomic E-state index is 12.1. The Labute approximate surface area is 128 Å².